The molecule has 1 heterocycles. The van der Waals surface area contributed by atoms with Gasteiger partial charge in [0.1, 0.15) is 0 Å². The largest absolute Gasteiger partial charge is 0.432 e. The average Bonchev–Trinajstić information content (AvgIpc) is 2.38. The van der Waals surface area contributed by atoms with Crippen LogP contribution in [0.3, 0.4) is 0 Å². The minimum atomic E-state index is -0.482. The molecule has 0 amide bonds. The summed E-state index contributed by atoms with van der Waals surface area (Å²) < 4.78 is 5.53. The van der Waals surface area contributed by atoms with Gasteiger partial charge in [0, 0.05) is 24.4 Å². The van der Waals surface area contributed by atoms with Gasteiger partial charge in [-0.1, -0.05) is 6.07 Å². The number of aromatic nitrogens is 1. The van der Waals surface area contributed by atoms with Gasteiger partial charge in [-0.05, 0) is 37.1 Å². The first-order valence-corrected chi connectivity index (χ1v) is 6.12. The third kappa shape index (κ3) is 3.10. The van der Waals surface area contributed by atoms with E-state index in [1.165, 1.54) is 6.07 Å². The smallest absolute Gasteiger partial charge is 0.311 e. The van der Waals surface area contributed by atoms with Gasteiger partial charge in [-0.25, -0.2) is 4.98 Å². The Bertz CT molecular complexity index is 641. The van der Waals surface area contributed by atoms with Gasteiger partial charge in [0.2, 0.25) is 11.6 Å². The van der Waals surface area contributed by atoms with Crippen molar-refractivity contribution in [3.8, 4) is 11.6 Å². The first-order valence-electron chi connectivity index (χ1n) is 6.12. The van der Waals surface area contributed by atoms with Crippen molar-refractivity contribution in [3.63, 3.8) is 0 Å². The van der Waals surface area contributed by atoms with E-state index in [4.69, 9.17) is 10.5 Å². The van der Waals surface area contributed by atoms with Crippen LogP contribution in [0.25, 0.3) is 0 Å². The number of aryl methyl sites for hydroxylation is 1. The van der Waals surface area contributed by atoms with Crippen LogP contribution in [0.15, 0.2) is 36.5 Å². The molecule has 0 spiro atoms. The second-order valence-corrected chi connectivity index (χ2v) is 4.55. The highest BCUT2D eigenvalue weighted by Crippen LogP contribution is 2.31. The fourth-order valence-corrected chi connectivity index (χ4v) is 1.73. The number of nitrogens with zero attached hydrogens (tertiary/aromatic N) is 2. The minimum Gasteiger partial charge on any atom is -0.432 e. The van der Waals surface area contributed by atoms with Crippen molar-refractivity contribution >= 4 is 5.69 Å². The molecule has 0 aliphatic rings. The lowest BCUT2D eigenvalue weighted by atomic mass is 10.1. The molecule has 0 unspecified atom stereocenters. The van der Waals surface area contributed by atoms with Crippen LogP contribution in [0.4, 0.5) is 5.69 Å². The zero-order valence-electron chi connectivity index (χ0n) is 11.2. The predicted octanol–water partition coefficient (Wildman–Crippen LogP) is 3.11. The van der Waals surface area contributed by atoms with Crippen LogP contribution in [0.2, 0.25) is 0 Å². The molecule has 0 aliphatic carbocycles. The summed E-state index contributed by atoms with van der Waals surface area (Å²) in [6.07, 6.45) is 1.57. The molecule has 0 bridgehead atoms. The molecule has 20 heavy (non-hydrogen) atoms. The summed E-state index contributed by atoms with van der Waals surface area (Å²) in [6.45, 7) is 3.68. The fraction of sp³-hybridized carbons (Fsp3) is 0.214. The van der Waals surface area contributed by atoms with E-state index in [1.54, 1.807) is 30.5 Å². The predicted molar refractivity (Wildman–Crippen MR) is 74.7 cm³/mol. The van der Waals surface area contributed by atoms with Gasteiger partial charge in [-0.2, -0.15) is 0 Å². The van der Waals surface area contributed by atoms with E-state index in [9.17, 15) is 10.1 Å². The molecule has 2 N–H and O–H groups in total. The molecule has 1 aromatic heterocycles. The zero-order chi connectivity index (χ0) is 14.7. The van der Waals surface area contributed by atoms with Gasteiger partial charge in [-0.15, -0.1) is 0 Å². The van der Waals surface area contributed by atoms with E-state index in [0.717, 1.165) is 11.1 Å². The topological polar surface area (TPSA) is 91.3 Å². The highest BCUT2D eigenvalue weighted by Gasteiger charge is 2.16. The van der Waals surface area contributed by atoms with Crippen LogP contribution >= 0.6 is 0 Å². The van der Waals surface area contributed by atoms with E-state index in [0.29, 0.717) is 0 Å². The molecule has 104 valence electrons. The zero-order valence-corrected chi connectivity index (χ0v) is 11.2. The molecule has 2 aromatic rings. The lowest BCUT2D eigenvalue weighted by molar-refractivity contribution is -0.385. The molecule has 0 aliphatic heterocycles. The van der Waals surface area contributed by atoms with Crippen LogP contribution in [0.1, 0.15) is 24.1 Å². The van der Waals surface area contributed by atoms with Gasteiger partial charge >= 0.3 is 5.69 Å². The maximum Gasteiger partial charge on any atom is 0.311 e. The second-order valence-electron chi connectivity index (χ2n) is 4.55. The fourth-order valence-electron chi connectivity index (χ4n) is 1.73. The van der Waals surface area contributed by atoms with Gasteiger partial charge < -0.3 is 10.5 Å². The van der Waals surface area contributed by atoms with Crippen molar-refractivity contribution in [2.45, 2.75) is 19.9 Å². The summed E-state index contributed by atoms with van der Waals surface area (Å²) in [4.78, 5) is 14.5. The number of hydrogen-bond donors (Lipinski definition) is 1. The summed E-state index contributed by atoms with van der Waals surface area (Å²) in [7, 11) is 0. The lowest BCUT2D eigenvalue weighted by Crippen LogP contribution is -2.05. The number of nitro benzene ring substituents is 1. The molecule has 0 saturated heterocycles. The van der Waals surface area contributed by atoms with Crippen molar-refractivity contribution in [1.82, 2.24) is 4.98 Å². The summed E-state index contributed by atoms with van der Waals surface area (Å²) in [6, 6.07) is 7.99. The first kappa shape index (κ1) is 14.0. The van der Waals surface area contributed by atoms with Crippen LogP contribution in [-0.2, 0) is 0 Å². The van der Waals surface area contributed by atoms with Crippen molar-refractivity contribution in [2.75, 3.05) is 0 Å². The Morgan fingerprint density at radius 2 is 2.10 bits per heavy atom. The Hall–Kier alpha value is -2.47. The van der Waals surface area contributed by atoms with Crippen molar-refractivity contribution in [2.24, 2.45) is 5.73 Å². The van der Waals surface area contributed by atoms with Crippen molar-refractivity contribution < 1.29 is 9.66 Å². The summed E-state index contributed by atoms with van der Waals surface area (Å²) in [5.74, 6) is 0.456. The summed E-state index contributed by atoms with van der Waals surface area (Å²) in [5, 5.41) is 11.0. The number of benzene rings is 1. The minimum absolute atomic E-state index is 0.0939. The number of rotatable bonds is 4. The number of nitrogens with two attached hydrogens (primary N) is 1. The first-order chi connectivity index (χ1) is 9.47. The molecular weight excluding hydrogens is 258 g/mol. The van der Waals surface area contributed by atoms with Crippen LogP contribution in [0, 0.1) is 17.0 Å². The normalized spacial score (nSPS) is 11.9. The third-order valence-corrected chi connectivity index (χ3v) is 2.81. The second kappa shape index (κ2) is 5.66. The van der Waals surface area contributed by atoms with Gasteiger partial charge in [-0.3, -0.25) is 10.1 Å². The Morgan fingerprint density at radius 3 is 2.75 bits per heavy atom. The standard InChI is InChI=1S/C14H15N3O3/c1-9-3-4-12(17(18)19)13(7-9)20-14-8-11(10(2)15)5-6-16-14/h3-8,10H,15H2,1-2H3/t10-/m0/s1. The average molecular weight is 273 g/mol. The Kier molecular flexibility index (Phi) is 3.95. The van der Waals surface area contributed by atoms with E-state index >= 15 is 0 Å². The number of hydrogen-bond acceptors (Lipinski definition) is 5. The van der Waals surface area contributed by atoms with E-state index in [2.05, 4.69) is 4.98 Å². The lowest BCUT2D eigenvalue weighted by Gasteiger charge is -2.09. The highest BCUT2D eigenvalue weighted by molar-refractivity contribution is 5.49. The SMILES string of the molecule is Cc1ccc([N+](=O)[O-])c(Oc2cc([C@H](C)N)ccn2)c1. The molecule has 6 nitrogen and oxygen atoms in total. The van der Waals surface area contributed by atoms with Crippen molar-refractivity contribution in [1.29, 1.82) is 0 Å². The molecule has 0 saturated carbocycles. The van der Waals surface area contributed by atoms with Gasteiger partial charge in [0.15, 0.2) is 0 Å². The van der Waals surface area contributed by atoms with Crippen LogP contribution < -0.4 is 10.5 Å². The van der Waals surface area contributed by atoms with Gasteiger partial charge in [0.05, 0.1) is 4.92 Å². The molecule has 6 heteroatoms. The molecule has 1 atom stereocenters. The molecular formula is C14H15N3O3. The maximum absolute atomic E-state index is 11.0. The summed E-state index contributed by atoms with van der Waals surface area (Å²) in [5.41, 5.74) is 7.41. The molecule has 1 aromatic carbocycles. The third-order valence-electron chi connectivity index (χ3n) is 2.81. The maximum atomic E-state index is 11.0. The monoisotopic (exact) mass is 273 g/mol. The Labute approximate surface area is 116 Å². The van der Waals surface area contributed by atoms with Crippen molar-refractivity contribution in [3.05, 3.63) is 57.8 Å². The molecule has 0 radical (unpaired) electrons. The Morgan fingerprint density at radius 1 is 1.35 bits per heavy atom. The summed E-state index contributed by atoms with van der Waals surface area (Å²) >= 11 is 0. The number of pyridine rings is 1. The van der Waals surface area contributed by atoms with Crippen LogP contribution in [-0.4, -0.2) is 9.91 Å². The van der Waals surface area contributed by atoms with Gasteiger partial charge in [0.25, 0.3) is 0 Å². The number of ether oxygens (including phenoxy) is 1. The highest BCUT2D eigenvalue weighted by atomic mass is 16.6. The van der Waals surface area contributed by atoms with E-state index < -0.39 is 4.92 Å². The molecule has 0 fully saturated rings. The quantitative estimate of drug-likeness (QED) is 0.682. The molecule has 2 rings (SSSR count). The van der Waals surface area contributed by atoms with E-state index in [-0.39, 0.29) is 23.4 Å². The van der Waals surface area contributed by atoms with E-state index in [1.807, 2.05) is 13.8 Å². The Balaban J connectivity index is 2.36. The number of nitro groups is 1. The van der Waals surface area contributed by atoms with Crippen LogP contribution in [0.5, 0.6) is 11.6 Å².